The van der Waals surface area contributed by atoms with Crippen molar-refractivity contribution in [2.45, 2.75) is 56.2 Å². The van der Waals surface area contributed by atoms with Crippen LogP contribution in [0.15, 0.2) is 6.20 Å². The molecule has 1 heterocycles. The van der Waals surface area contributed by atoms with E-state index in [1.165, 1.54) is 25.5 Å². The fourth-order valence-corrected chi connectivity index (χ4v) is 7.76. The molecule has 8 heteroatoms. The molecule has 4 bridgehead atoms. The molecule has 4 saturated carbocycles. The van der Waals surface area contributed by atoms with Crippen LogP contribution in [0.4, 0.5) is 5.82 Å². The fraction of sp³-hybridized carbons (Fsp3) is 0.650. The van der Waals surface area contributed by atoms with Crippen LogP contribution in [-0.2, 0) is 14.3 Å². The SMILES string of the molecule is Cc1c(Cl)cnc(NC(=O)COC(=O)CC23CC4CC(CC(Br)(C4)C2)C3)c1Cl. The van der Waals surface area contributed by atoms with E-state index in [9.17, 15) is 9.59 Å². The summed E-state index contributed by atoms with van der Waals surface area (Å²) in [5, 5.41) is 3.28. The molecule has 5 rings (SSSR count). The summed E-state index contributed by atoms with van der Waals surface area (Å²) in [5.74, 6) is 0.856. The van der Waals surface area contributed by atoms with Crippen molar-refractivity contribution in [2.75, 3.05) is 11.9 Å². The van der Waals surface area contributed by atoms with Gasteiger partial charge in [-0.15, -0.1) is 0 Å². The number of nitrogens with zero attached hydrogens (tertiary/aromatic N) is 1. The first-order valence-electron chi connectivity index (χ1n) is 9.62. The Labute approximate surface area is 183 Å². The van der Waals surface area contributed by atoms with Gasteiger partial charge < -0.3 is 10.1 Å². The quantitative estimate of drug-likeness (QED) is 0.450. The molecule has 4 fully saturated rings. The van der Waals surface area contributed by atoms with E-state index in [0.29, 0.717) is 28.8 Å². The fourth-order valence-electron chi connectivity index (χ4n) is 5.86. The Hall–Kier alpha value is -0.850. The summed E-state index contributed by atoms with van der Waals surface area (Å²) >= 11 is 16.1. The van der Waals surface area contributed by atoms with Crippen molar-refractivity contribution < 1.29 is 14.3 Å². The number of alkyl halides is 1. The maximum absolute atomic E-state index is 12.5. The van der Waals surface area contributed by atoms with E-state index < -0.39 is 5.91 Å². The van der Waals surface area contributed by atoms with Gasteiger partial charge in [0, 0.05) is 10.5 Å². The van der Waals surface area contributed by atoms with Crippen molar-refractivity contribution in [2.24, 2.45) is 17.3 Å². The molecule has 0 saturated heterocycles. The highest BCUT2D eigenvalue weighted by Gasteiger charge is 2.57. The zero-order chi connectivity index (χ0) is 20.1. The third kappa shape index (κ3) is 4.05. The van der Waals surface area contributed by atoms with Crippen LogP contribution in [0.5, 0.6) is 0 Å². The molecule has 0 spiro atoms. The lowest BCUT2D eigenvalue weighted by molar-refractivity contribution is -0.153. The average Bonchev–Trinajstić information content (AvgIpc) is 2.58. The lowest BCUT2D eigenvalue weighted by Gasteiger charge is -2.60. The summed E-state index contributed by atoms with van der Waals surface area (Å²) in [5.41, 5.74) is 0.662. The number of carbonyl (C=O) groups excluding carboxylic acids is 2. The monoisotopic (exact) mass is 488 g/mol. The predicted molar refractivity (Wildman–Crippen MR) is 112 cm³/mol. The largest absolute Gasteiger partial charge is 0.456 e. The van der Waals surface area contributed by atoms with Crippen molar-refractivity contribution in [1.29, 1.82) is 0 Å². The zero-order valence-corrected chi connectivity index (χ0v) is 18.8. The van der Waals surface area contributed by atoms with E-state index in [0.717, 1.165) is 19.3 Å². The molecule has 4 aliphatic carbocycles. The highest BCUT2D eigenvalue weighted by Crippen LogP contribution is 2.65. The number of hydrogen-bond donors (Lipinski definition) is 1. The molecule has 2 unspecified atom stereocenters. The summed E-state index contributed by atoms with van der Waals surface area (Å²) in [6, 6.07) is 0. The molecule has 4 aliphatic rings. The lowest BCUT2D eigenvalue weighted by Crippen LogP contribution is -2.53. The minimum absolute atomic E-state index is 0.0271. The van der Waals surface area contributed by atoms with Crippen LogP contribution >= 0.6 is 39.1 Å². The average molecular weight is 490 g/mol. The number of anilines is 1. The van der Waals surface area contributed by atoms with Gasteiger partial charge in [0.1, 0.15) is 0 Å². The standard InChI is InChI=1S/C20H23BrCl2N2O3/c1-11-14(22)8-24-18(17(11)23)25-15(26)9-28-16(27)7-19-3-12-2-13(4-19)6-20(21,5-12)10-19/h8,12-13H,2-7,9-10H2,1H3,(H,24,25,26). The molecule has 1 aromatic rings. The summed E-state index contributed by atoms with van der Waals surface area (Å²) in [4.78, 5) is 28.6. The Bertz CT molecular complexity index is 818. The van der Waals surface area contributed by atoms with E-state index in [-0.39, 0.29) is 33.2 Å². The van der Waals surface area contributed by atoms with Crippen LogP contribution in [0.2, 0.25) is 10.0 Å². The van der Waals surface area contributed by atoms with Crippen molar-refractivity contribution >= 4 is 56.8 Å². The molecule has 1 amide bonds. The lowest BCUT2D eigenvalue weighted by atomic mass is 9.49. The van der Waals surface area contributed by atoms with Crippen molar-refractivity contribution in [3.63, 3.8) is 0 Å². The third-order valence-electron chi connectivity index (χ3n) is 6.45. The summed E-state index contributed by atoms with van der Waals surface area (Å²) in [6.45, 7) is 1.39. The second-order valence-electron chi connectivity index (χ2n) is 8.89. The molecule has 1 aromatic heterocycles. The predicted octanol–water partition coefficient (Wildman–Crippen LogP) is 5.30. The number of pyridine rings is 1. The normalized spacial score (nSPS) is 33.0. The summed E-state index contributed by atoms with van der Waals surface area (Å²) in [7, 11) is 0. The van der Waals surface area contributed by atoms with Crippen LogP contribution in [0.25, 0.3) is 0 Å². The number of carbonyl (C=O) groups is 2. The first-order valence-corrected chi connectivity index (χ1v) is 11.2. The molecule has 28 heavy (non-hydrogen) atoms. The number of hydrogen-bond acceptors (Lipinski definition) is 4. The van der Waals surface area contributed by atoms with Gasteiger partial charge in [0.25, 0.3) is 5.91 Å². The minimum atomic E-state index is -0.466. The van der Waals surface area contributed by atoms with Gasteiger partial charge in [-0.05, 0) is 68.3 Å². The van der Waals surface area contributed by atoms with Gasteiger partial charge in [-0.25, -0.2) is 4.98 Å². The van der Waals surface area contributed by atoms with Crippen molar-refractivity contribution in [1.82, 2.24) is 4.98 Å². The van der Waals surface area contributed by atoms with Crippen LogP contribution in [0.1, 0.15) is 50.5 Å². The summed E-state index contributed by atoms with van der Waals surface area (Å²) in [6.07, 6.45) is 8.77. The van der Waals surface area contributed by atoms with Gasteiger partial charge >= 0.3 is 5.97 Å². The van der Waals surface area contributed by atoms with E-state index in [4.69, 9.17) is 27.9 Å². The molecule has 0 aliphatic heterocycles. The number of nitrogens with one attached hydrogen (secondary N) is 1. The topological polar surface area (TPSA) is 68.3 Å². The summed E-state index contributed by atoms with van der Waals surface area (Å²) < 4.78 is 5.48. The Morgan fingerprint density at radius 3 is 2.61 bits per heavy atom. The number of amides is 1. The molecular formula is C20H23BrCl2N2O3. The van der Waals surface area contributed by atoms with E-state index >= 15 is 0 Å². The Morgan fingerprint density at radius 1 is 1.29 bits per heavy atom. The zero-order valence-electron chi connectivity index (χ0n) is 15.7. The number of esters is 1. The van der Waals surface area contributed by atoms with Gasteiger partial charge in [0.05, 0.1) is 16.5 Å². The second-order valence-corrected chi connectivity index (χ2v) is 11.4. The number of rotatable bonds is 5. The van der Waals surface area contributed by atoms with Gasteiger partial charge in [-0.3, -0.25) is 9.59 Å². The highest BCUT2D eigenvalue weighted by molar-refractivity contribution is 9.10. The maximum atomic E-state index is 12.5. The number of halogens is 3. The van der Waals surface area contributed by atoms with Crippen molar-refractivity contribution in [3.05, 3.63) is 21.8 Å². The molecule has 152 valence electrons. The Kier molecular flexibility index (Phi) is 5.43. The Morgan fingerprint density at radius 2 is 1.96 bits per heavy atom. The van der Waals surface area contributed by atoms with Gasteiger partial charge in [0.15, 0.2) is 12.4 Å². The first-order chi connectivity index (χ1) is 13.2. The molecule has 5 nitrogen and oxygen atoms in total. The molecular weight excluding hydrogens is 467 g/mol. The van der Waals surface area contributed by atoms with Crippen LogP contribution < -0.4 is 5.32 Å². The van der Waals surface area contributed by atoms with Crippen LogP contribution in [0.3, 0.4) is 0 Å². The van der Waals surface area contributed by atoms with Gasteiger partial charge in [0.2, 0.25) is 0 Å². The van der Waals surface area contributed by atoms with E-state index in [1.54, 1.807) is 6.92 Å². The highest BCUT2D eigenvalue weighted by atomic mass is 79.9. The molecule has 1 N–H and O–H groups in total. The number of aromatic nitrogens is 1. The van der Waals surface area contributed by atoms with Crippen LogP contribution in [0, 0.1) is 24.2 Å². The molecule has 2 atom stereocenters. The second kappa shape index (κ2) is 7.44. The van der Waals surface area contributed by atoms with E-state index in [2.05, 4.69) is 26.2 Å². The minimum Gasteiger partial charge on any atom is -0.456 e. The maximum Gasteiger partial charge on any atom is 0.306 e. The third-order valence-corrected chi connectivity index (χ3v) is 8.23. The Balaban J connectivity index is 1.31. The molecule has 0 aromatic carbocycles. The first kappa shape index (κ1) is 20.4. The number of ether oxygens (including phenoxy) is 1. The molecule has 0 radical (unpaired) electrons. The van der Waals surface area contributed by atoms with E-state index in [1.807, 2.05) is 0 Å². The van der Waals surface area contributed by atoms with Gasteiger partial charge in [-0.2, -0.15) is 0 Å². The van der Waals surface area contributed by atoms with Crippen molar-refractivity contribution in [3.8, 4) is 0 Å². The smallest absolute Gasteiger partial charge is 0.306 e. The van der Waals surface area contributed by atoms with Crippen LogP contribution in [-0.4, -0.2) is 27.8 Å². The van der Waals surface area contributed by atoms with Gasteiger partial charge in [-0.1, -0.05) is 39.1 Å².